The Labute approximate surface area is 211 Å². The van der Waals surface area contributed by atoms with E-state index >= 15 is 0 Å². The zero-order valence-electron chi connectivity index (χ0n) is 20.8. The molecule has 4 rings (SSSR count). The number of aryl methyl sites for hydroxylation is 1. The molecule has 1 atom stereocenters. The van der Waals surface area contributed by atoms with Crippen LogP contribution in [0.5, 0.6) is 11.5 Å². The van der Waals surface area contributed by atoms with Crippen molar-refractivity contribution in [1.29, 1.82) is 0 Å². The summed E-state index contributed by atoms with van der Waals surface area (Å²) in [6.45, 7) is 6.35. The molecule has 0 radical (unpaired) electrons. The van der Waals surface area contributed by atoms with Crippen molar-refractivity contribution in [2.45, 2.75) is 39.3 Å². The third kappa shape index (κ3) is 5.50. The molecule has 1 heterocycles. The van der Waals surface area contributed by atoms with Gasteiger partial charge in [-0.15, -0.1) is 0 Å². The SMILES string of the molecule is CCc1ccc(/C(O)=C2/C(=O)C(=O)N(CCOC(C)C)C2c2cccc(Oc3ccccc3)c2)cc1. The minimum atomic E-state index is -0.772. The van der Waals surface area contributed by atoms with E-state index in [1.54, 1.807) is 18.2 Å². The lowest BCUT2D eigenvalue weighted by Crippen LogP contribution is -2.33. The van der Waals surface area contributed by atoms with Gasteiger partial charge in [0.15, 0.2) is 0 Å². The number of Topliss-reactive ketones (excluding diaryl/α,β-unsaturated/α-hetero) is 1. The van der Waals surface area contributed by atoms with E-state index in [9.17, 15) is 14.7 Å². The highest BCUT2D eigenvalue weighted by atomic mass is 16.5. The number of benzene rings is 3. The number of hydrogen-bond acceptors (Lipinski definition) is 5. The molecule has 6 nitrogen and oxygen atoms in total. The van der Waals surface area contributed by atoms with Crippen LogP contribution in [0.2, 0.25) is 0 Å². The van der Waals surface area contributed by atoms with Crippen molar-refractivity contribution in [3.05, 3.63) is 101 Å². The van der Waals surface area contributed by atoms with E-state index in [2.05, 4.69) is 0 Å². The Bertz CT molecular complexity index is 1250. The summed E-state index contributed by atoms with van der Waals surface area (Å²) in [6.07, 6.45) is 0.843. The maximum atomic E-state index is 13.2. The number of carbonyl (C=O) groups is 2. The molecule has 0 saturated carbocycles. The van der Waals surface area contributed by atoms with Gasteiger partial charge in [-0.05, 0) is 55.7 Å². The second kappa shape index (κ2) is 11.2. The van der Waals surface area contributed by atoms with Gasteiger partial charge in [0.2, 0.25) is 0 Å². The predicted molar refractivity (Wildman–Crippen MR) is 139 cm³/mol. The first kappa shape index (κ1) is 25.2. The summed E-state index contributed by atoms with van der Waals surface area (Å²) in [6, 6.07) is 23.2. The van der Waals surface area contributed by atoms with Crippen LogP contribution in [0.3, 0.4) is 0 Å². The Kier molecular flexibility index (Phi) is 7.86. The summed E-state index contributed by atoms with van der Waals surface area (Å²) < 4.78 is 11.7. The van der Waals surface area contributed by atoms with Gasteiger partial charge in [-0.2, -0.15) is 0 Å². The molecule has 1 aliphatic heterocycles. The molecule has 1 aliphatic rings. The molecule has 1 fully saturated rings. The third-order valence-corrected chi connectivity index (χ3v) is 6.11. The predicted octanol–water partition coefficient (Wildman–Crippen LogP) is 5.89. The Morgan fingerprint density at radius 1 is 0.944 bits per heavy atom. The van der Waals surface area contributed by atoms with Crippen LogP contribution in [0.15, 0.2) is 84.4 Å². The van der Waals surface area contributed by atoms with Crippen LogP contribution in [0.4, 0.5) is 0 Å². The van der Waals surface area contributed by atoms with Crippen LogP contribution in [-0.2, 0) is 20.7 Å². The monoisotopic (exact) mass is 485 g/mol. The van der Waals surface area contributed by atoms with Crippen molar-refractivity contribution in [1.82, 2.24) is 4.90 Å². The molecule has 1 saturated heterocycles. The number of ether oxygens (including phenoxy) is 2. The number of para-hydroxylation sites is 1. The summed E-state index contributed by atoms with van der Waals surface area (Å²) in [5.41, 5.74) is 2.33. The van der Waals surface area contributed by atoms with E-state index in [-0.39, 0.29) is 30.6 Å². The van der Waals surface area contributed by atoms with Crippen molar-refractivity contribution >= 4 is 17.4 Å². The highest BCUT2D eigenvalue weighted by Gasteiger charge is 2.46. The number of carbonyl (C=O) groups excluding carboxylic acids is 2. The lowest BCUT2D eigenvalue weighted by atomic mass is 9.94. The van der Waals surface area contributed by atoms with Crippen molar-refractivity contribution < 1.29 is 24.2 Å². The van der Waals surface area contributed by atoms with Gasteiger partial charge in [0, 0.05) is 12.1 Å². The first-order chi connectivity index (χ1) is 17.4. The normalized spacial score (nSPS) is 17.1. The highest BCUT2D eigenvalue weighted by molar-refractivity contribution is 6.46. The van der Waals surface area contributed by atoms with Crippen molar-refractivity contribution in [2.24, 2.45) is 0 Å². The second-order valence-electron chi connectivity index (χ2n) is 8.95. The van der Waals surface area contributed by atoms with Gasteiger partial charge in [-0.25, -0.2) is 0 Å². The number of hydrogen-bond donors (Lipinski definition) is 1. The molecule has 36 heavy (non-hydrogen) atoms. The van der Waals surface area contributed by atoms with Gasteiger partial charge in [0.25, 0.3) is 11.7 Å². The van der Waals surface area contributed by atoms with E-state index < -0.39 is 17.7 Å². The minimum absolute atomic E-state index is 0.0139. The first-order valence-corrected chi connectivity index (χ1v) is 12.2. The molecule has 0 spiro atoms. The maximum Gasteiger partial charge on any atom is 0.295 e. The summed E-state index contributed by atoms with van der Waals surface area (Å²) in [5, 5.41) is 11.3. The Morgan fingerprint density at radius 2 is 1.64 bits per heavy atom. The molecule has 3 aromatic carbocycles. The lowest BCUT2D eigenvalue weighted by molar-refractivity contribution is -0.140. The second-order valence-corrected chi connectivity index (χ2v) is 8.95. The maximum absolute atomic E-state index is 13.2. The lowest BCUT2D eigenvalue weighted by Gasteiger charge is -2.26. The average Bonchev–Trinajstić information content (AvgIpc) is 3.14. The highest BCUT2D eigenvalue weighted by Crippen LogP contribution is 2.40. The molecule has 3 aromatic rings. The van der Waals surface area contributed by atoms with Crippen LogP contribution in [-0.4, -0.2) is 41.0 Å². The fourth-order valence-electron chi connectivity index (χ4n) is 4.27. The van der Waals surface area contributed by atoms with Gasteiger partial charge in [0.05, 0.1) is 24.3 Å². The van der Waals surface area contributed by atoms with Crippen molar-refractivity contribution in [3.8, 4) is 11.5 Å². The van der Waals surface area contributed by atoms with E-state index in [1.165, 1.54) is 4.90 Å². The number of aliphatic hydroxyl groups is 1. The molecule has 0 aromatic heterocycles. The fraction of sp³-hybridized carbons (Fsp3) is 0.267. The summed E-state index contributed by atoms with van der Waals surface area (Å²) in [4.78, 5) is 27.8. The van der Waals surface area contributed by atoms with Crippen LogP contribution in [0, 0.1) is 0 Å². The Hall–Kier alpha value is -3.90. The summed E-state index contributed by atoms with van der Waals surface area (Å²) in [5.74, 6) is -0.327. The number of rotatable bonds is 9. The average molecular weight is 486 g/mol. The zero-order valence-corrected chi connectivity index (χ0v) is 20.8. The van der Waals surface area contributed by atoms with Gasteiger partial charge < -0.3 is 19.5 Å². The van der Waals surface area contributed by atoms with E-state index in [1.807, 2.05) is 81.4 Å². The summed E-state index contributed by atoms with van der Waals surface area (Å²) in [7, 11) is 0. The first-order valence-electron chi connectivity index (χ1n) is 12.2. The largest absolute Gasteiger partial charge is 0.507 e. The number of amides is 1. The molecule has 1 amide bonds. The molecule has 6 heteroatoms. The van der Waals surface area contributed by atoms with Crippen molar-refractivity contribution in [3.63, 3.8) is 0 Å². The molecule has 1 N–H and O–H groups in total. The number of ketones is 1. The Morgan fingerprint density at radius 3 is 2.31 bits per heavy atom. The zero-order chi connectivity index (χ0) is 25.7. The van der Waals surface area contributed by atoms with E-state index in [0.717, 1.165) is 12.0 Å². The van der Waals surface area contributed by atoms with E-state index in [4.69, 9.17) is 9.47 Å². The van der Waals surface area contributed by atoms with Gasteiger partial charge in [0.1, 0.15) is 17.3 Å². The number of likely N-dealkylation sites (tertiary alicyclic amines) is 1. The summed E-state index contributed by atoms with van der Waals surface area (Å²) >= 11 is 0. The molecule has 0 bridgehead atoms. The van der Waals surface area contributed by atoms with Gasteiger partial charge in [-0.3, -0.25) is 9.59 Å². The Balaban J connectivity index is 1.76. The molecule has 0 aliphatic carbocycles. The fourth-order valence-corrected chi connectivity index (χ4v) is 4.27. The quantitative estimate of drug-likeness (QED) is 0.232. The van der Waals surface area contributed by atoms with Crippen LogP contribution in [0.25, 0.3) is 5.76 Å². The molecular formula is C30H31NO5. The minimum Gasteiger partial charge on any atom is -0.507 e. The van der Waals surface area contributed by atoms with Gasteiger partial charge >= 0.3 is 0 Å². The topological polar surface area (TPSA) is 76.1 Å². The molecular weight excluding hydrogens is 454 g/mol. The number of nitrogens with zero attached hydrogens (tertiary/aromatic N) is 1. The van der Waals surface area contributed by atoms with Crippen LogP contribution < -0.4 is 4.74 Å². The smallest absolute Gasteiger partial charge is 0.295 e. The van der Waals surface area contributed by atoms with Crippen LogP contribution >= 0.6 is 0 Å². The van der Waals surface area contributed by atoms with E-state index in [0.29, 0.717) is 22.6 Å². The van der Waals surface area contributed by atoms with Crippen LogP contribution in [0.1, 0.15) is 43.5 Å². The molecule has 1 unspecified atom stereocenters. The third-order valence-electron chi connectivity index (χ3n) is 6.11. The number of aliphatic hydroxyl groups excluding tert-OH is 1. The standard InChI is InChI=1S/C30H31NO5/c1-4-21-13-15-22(16-14-21)28(32)26-27(31(30(34)29(26)33)17-18-35-20(2)3)23-9-8-12-25(19-23)36-24-10-6-5-7-11-24/h5-16,19-20,27,32H,4,17-18H2,1-3H3/b28-26-. The van der Waals surface area contributed by atoms with Gasteiger partial charge in [-0.1, -0.05) is 61.5 Å². The molecule has 186 valence electrons. The van der Waals surface area contributed by atoms with Crippen molar-refractivity contribution in [2.75, 3.05) is 13.2 Å².